The molecule has 14 heteroatoms. The van der Waals surface area contributed by atoms with Crippen LogP contribution < -0.4 is 22.5 Å². The Kier molecular flexibility index (Phi) is 12.6. The second kappa shape index (κ2) is 18.1. The number of likely N-dealkylation sites (tertiary alicyclic amines) is 2. The third kappa shape index (κ3) is 8.56. The van der Waals surface area contributed by atoms with Crippen molar-refractivity contribution in [2.24, 2.45) is 17.0 Å². The molecule has 9 rings (SSSR count). The molecule has 2 aromatic heterocycles. The summed E-state index contributed by atoms with van der Waals surface area (Å²) in [6.45, 7) is 12.8. The molecule has 5 N–H and O–H groups in total. The van der Waals surface area contributed by atoms with Crippen LogP contribution in [0.1, 0.15) is 126 Å². The van der Waals surface area contributed by atoms with Gasteiger partial charge in [-0.3, -0.25) is 23.9 Å². The van der Waals surface area contributed by atoms with Crippen LogP contribution in [0.2, 0.25) is 0 Å². The summed E-state index contributed by atoms with van der Waals surface area (Å²) in [5, 5.41) is 5.29. The number of hydrazine groups is 1. The van der Waals surface area contributed by atoms with E-state index in [1.54, 1.807) is 22.4 Å². The van der Waals surface area contributed by atoms with E-state index in [0.29, 0.717) is 36.5 Å². The molecule has 5 aromatic rings. The number of fused-ring (bicyclic) bond motifs is 7. The molecule has 3 aliphatic heterocycles. The highest BCUT2D eigenvalue weighted by Crippen LogP contribution is 2.52. The summed E-state index contributed by atoms with van der Waals surface area (Å²) in [5.74, 6) is 7.74. The van der Waals surface area contributed by atoms with Gasteiger partial charge >= 0.3 is 0 Å². The number of amides is 2. The molecular formula is C51H62BrN9O3S. The molecule has 3 fully saturated rings. The molecule has 0 radical (unpaired) electrons. The van der Waals surface area contributed by atoms with E-state index in [9.17, 15) is 14.4 Å². The fourth-order valence-corrected chi connectivity index (χ4v) is 12.6. The lowest BCUT2D eigenvalue weighted by Crippen LogP contribution is -2.58. The highest BCUT2D eigenvalue weighted by Gasteiger charge is 2.47. The van der Waals surface area contributed by atoms with Crippen LogP contribution in [0, 0.1) is 12.3 Å². The second-order valence-corrected chi connectivity index (χ2v) is 21.6. The number of carbonyl (C=O) groups excluding carboxylic acids is 2. The van der Waals surface area contributed by atoms with Gasteiger partial charge in [-0.25, -0.2) is 10.8 Å². The van der Waals surface area contributed by atoms with Crippen molar-refractivity contribution in [3.8, 4) is 16.1 Å². The first kappa shape index (κ1) is 45.3. The number of nitrogens with two attached hydrogens (primary N) is 2. The van der Waals surface area contributed by atoms with Gasteiger partial charge in [0.15, 0.2) is 0 Å². The summed E-state index contributed by atoms with van der Waals surface area (Å²) in [5.41, 5.74) is 16.0. The van der Waals surface area contributed by atoms with Gasteiger partial charge in [-0.1, -0.05) is 82.5 Å². The summed E-state index contributed by atoms with van der Waals surface area (Å²) in [7, 11) is 0. The molecule has 12 nitrogen and oxygen atoms in total. The summed E-state index contributed by atoms with van der Waals surface area (Å²) in [6, 6.07) is 19.6. The number of hydrogen-bond acceptors (Lipinski definition) is 10. The lowest BCUT2D eigenvalue weighted by molar-refractivity contribution is -0.145. The van der Waals surface area contributed by atoms with E-state index in [0.717, 1.165) is 101 Å². The zero-order valence-corrected chi connectivity index (χ0v) is 40.7. The van der Waals surface area contributed by atoms with Gasteiger partial charge in [-0.15, -0.1) is 11.3 Å². The van der Waals surface area contributed by atoms with E-state index in [2.05, 4.69) is 66.0 Å². The second-order valence-electron chi connectivity index (χ2n) is 19.9. The third-order valence-corrected chi connectivity index (χ3v) is 16.2. The number of aromatic nitrogens is 3. The van der Waals surface area contributed by atoms with E-state index in [1.807, 2.05) is 70.5 Å². The van der Waals surface area contributed by atoms with Crippen molar-refractivity contribution in [2.75, 3.05) is 26.2 Å². The molecule has 3 aromatic carbocycles. The van der Waals surface area contributed by atoms with Crippen LogP contribution in [0.15, 0.2) is 87.3 Å². The zero-order valence-electron chi connectivity index (χ0n) is 38.3. The molecule has 0 bridgehead atoms. The van der Waals surface area contributed by atoms with Gasteiger partial charge < -0.3 is 21.0 Å². The Balaban J connectivity index is 0.843. The number of hydrogen-bond donors (Lipinski definition) is 3. The topological polar surface area (TPSA) is 156 Å². The van der Waals surface area contributed by atoms with E-state index in [-0.39, 0.29) is 28.8 Å². The normalized spacial score (nSPS) is 19.9. The maximum absolute atomic E-state index is 14.5. The smallest absolute Gasteiger partial charge is 0.281 e. The van der Waals surface area contributed by atoms with Gasteiger partial charge in [0.2, 0.25) is 11.8 Å². The van der Waals surface area contributed by atoms with Crippen LogP contribution in [0.4, 0.5) is 0 Å². The molecule has 3 unspecified atom stereocenters. The van der Waals surface area contributed by atoms with Gasteiger partial charge in [0.1, 0.15) is 17.9 Å². The lowest BCUT2D eigenvalue weighted by atomic mass is 9.69. The maximum atomic E-state index is 14.5. The molecule has 5 heterocycles. The van der Waals surface area contributed by atoms with Crippen molar-refractivity contribution in [3.63, 3.8) is 0 Å². The van der Waals surface area contributed by atoms with Crippen molar-refractivity contribution in [1.82, 2.24) is 34.7 Å². The Labute approximate surface area is 394 Å². The number of halogens is 1. The number of rotatable bonds is 10. The van der Waals surface area contributed by atoms with E-state index in [4.69, 9.17) is 16.6 Å². The Morgan fingerprint density at radius 3 is 2.45 bits per heavy atom. The molecule has 1 aliphatic carbocycles. The highest BCUT2D eigenvalue weighted by molar-refractivity contribution is 9.10. The van der Waals surface area contributed by atoms with Crippen molar-refractivity contribution in [1.29, 1.82) is 0 Å². The summed E-state index contributed by atoms with van der Waals surface area (Å²) >= 11 is 5.24. The molecule has 3 atom stereocenters. The monoisotopic (exact) mass is 959 g/mol. The van der Waals surface area contributed by atoms with Gasteiger partial charge in [0.05, 0.1) is 44.1 Å². The fourth-order valence-electron chi connectivity index (χ4n) is 11.2. The predicted octanol–water partition coefficient (Wildman–Crippen LogP) is 8.58. The van der Waals surface area contributed by atoms with E-state index in [1.165, 1.54) is 22.6 Å². The molecule has 1 saturated carbocycles. The minimum atomic E-state index is -0.730. The standard InChI is InChI=1S/C51H62BrN9O3S/c1-31(33-14-16-35(17-15-33)44-32(2)55-30-65-44)56-46(62)42-13-10-24-59(42)48(64)45(50(3,4)5)60(54)29-37(53)28-58-25-20-34(21-26-58)36-18-19-40-38(27-36)51(22-7-6-8-23-51)49-57-47(63)43-39(52)11-9-12-41(43)61(40)49/h9,11-12,14-19,27,29-31,34,42,45H,6-8,10,13,20-26,28,53-54H2,1-5H3,(H,56,62)/b37-29-. The van der Waals surface area contributed by atoms with Crippen molar-refractivity contribution in [3.05, 3.63) is 121 Å². The summed E-state index contributed by atoms with van der Waals surface area (Å²) in [4.78, 5) is 56.2. The average Bonchev–Trinajstić information content (AvgIpc) is 4.01. The number of nitrogens with zero attached hydrogens (tertiary/aromatic N) is 6. The first-order chi connectivity index (χ1) is 31.1. The molecule has 2 saturated heterocycles. The van der Waals surface area contributed by atoms with Crippen molar-refractivity contribution >= 4 is 50.0 Å². The quantitative estimate of drug-likeness (QED) is 0.0923. The number of carbonyl (C=O) groups is 2. The predicted molar refractivity (Wildman–Crippen MR) is 262 cm³/mol. The number of piperidine rings is 1. The number of benzene rings is 3. The van der Waals surface area contributed by atoms with Crippen LogP contribution in [-0.2, 0) is 15.0 Å². The SMILES string of the molecule is Cc1ncsc1-c1ccc(C(C)NC(=O)C2CCCN2C(=O)C(N(N)/C=C(\N)CN2CCC(c3ccc4c(c3)C3(CCCCC3)c3nc(=O)c5c(Br)cccc5n3-4)CC2)C(C)(C)C)cc1. The minimum absolute atomic E-state index is 0.158. The molecule has 342 valence electrons. The van der Waals surface area contributed by atoms with Gasteiger partial charge in [0.25, 0.3) is 5.56 Å². The third-order valence-electron chi connectivity index (χ3n) is 14.5. The van der Waals surface area contributed by atoms with Crippen molar-refractivity contribution in [2.45, 2.75) is 122 Å². The fraction of sp³-hybridized carbons (Fsp3) is 0.471. The van der Waals surface area contributed by atoms with Crippen LogP contribution in [0.25, 0.3) is 27.0 Å². The summed E-state index contributed by atoms with van der Waals surface area (Å²) < 4.78 is 3.04. The summed E-state index contributed by atoms with van der Waals surface area (Å²) in [6.07, 6.45) is 10.5. The molecular weight excluding hydrogens is 899 g/mol. The lowest BCUT2D eigenvalue weighted by Gasteiger charge is -2.39. The first-order valence-corrected chi connectivity index (χ1v) is 25.0. The van der Waals surface area contributed by atoms with E-state index < -0.39 is 17.5 Å². The Morgan fingerprint density at radius 1 is 1.02 bits per heavy atom. The number of aryl methyl sites for hydroxylation is 1. The van der Waals surface area contributed by atoms with Crippen LogP contribution in [0.5, 0.6) is 0 Å². The van der Waals surface area contributed by atoms with Gasteiger partial charge in [-0.2, -0.15) is 4.98 Å². The van der Waals surface area contributed by atoms with Gasteiger partial charge in [-0.05, 0) is 133 Å². The first-order valence-electron chi connectivity index (χ1n) is 23.3. The largest absolute Gasteiger partial charge is 0.400 e. The molecule has 1 spiro atoms. The number of thiazole rings is 1. The average molecular weight is 961 g/mol. The molecule has 65 heavy (non-hydrogen) atoms. The van der Waals surface area contributed by atoms with Gasteiger partial charge in [0, 0.05) is 29.5 Å². The minimum Gasteiger partial charge on any atom is -0.400 e. The Morgan fingerprint density at radius 2 is 1.75 bits per heavy atom. The van der Waals surface area contributed by atoms with E-state index >= 15 is 0 Å². The Hall–Kier alpha value is -4.89. The van der Waals surface area contributed by atoms with Crippen molar-refractivity contribution < 1.29 is 9.59 Å². The van der Waals surface area contributed by atoms with Crippen LogP contribution in [0.3, 0.4) is 0 Å². The van der Waals surface area contributed by atoms with Crippen LogP contribution in [-0.4, -0.2) is 79.4 Å². The number of nitrogens with one attached hydrogen (secondary N) is 1. The maximum Gasteiger partial charge on any atom is 0.281 e. The highest BCUT2D eigenvalue weighted by atomic mass is 79.9. The Bertz CT molecular complexity index is 2690. The molecule has 2 amide bonds. The zero-order chi connectivity index (χ0) is 45.8. The van der Waals surface area contributed by atoms with Crippen LogP contribution >= 0.6 is 27.3 Å². The molecule has 4 aliphatic rings.